The Morgan fingerprint density at radius 1 is 0.810 bits per heavy atom. The lowest BCUT2D eigenvalue weighted by molar-refractivity contribution is -0.143. The van der Waals surface area contributed by atoms with Gasteiger partial charge in [0.25, 0.3) is 0 Å². The van der Waals surface area contributed by atoms with Crippen molar-refractivity contribution in [1.82, 2.24) is 0 Å². The number of aldehydes is 2. The molecule has 120 valence electrons. The van der Waals surface area contributed by atoms with Crippen LogP contribution in [0.1, 0.15) is 0 Å². The van der Waals surface area contributed by atoms with Gasteiger partial charge in [-0.05, 0) is 0 Å². The molecule has 0 aromatic heterocycles. The standard InChI is InChI=1S/C12H18O7S2/c13-1-3-18-11(15)9-20-7-5-17-6-8-21-10-12(16)19-4-2-14/h1-2H,3-10H2. The van der Waals surface area contributed by atoms with E-state index in [-0.39, 0.29) is 24.7 Å². The van der Waals surface area contributed by atoms with Crippen molar-refractivity contribution < 1.29 is 33.4 Å². The van der Waals surface area contributed by atoms with E-state index in [2.05, 4.69) is 9.47 Å². The average molecular weight is 338 g/mol. The average Bonchev–Trinajstić information content (AvgIpc) is 2.49. The van der Waals surface area contributed by atoms with Crippen LogP contribution in [0.15, 0.2) is 0 Å². The Balaban J connectivity index is 3.22. The second-order valence-corrected chi connectivity index (χ2v) is 5.63. The van der Waals surface area contributed by atoms with Crippen LogP contribution in [0.2, 0.25) is 0 Å². The van der Waals surface area contributed by atoms with E-state index in [1.54, 1.807) is 0 Å². The molecule has 21 heavy (non-hydrogen) atoms. The highest BCUT2D eigenvalue weighted by Gasteiger charge is 2.03. The fourth-order valence-electron chi connectivity index (χ4n) is 0.986. The molecule has 0 bridgehead atoms. The zero-order valence-corrected chi connectivity index (χ0v) is 13.1. The van der Waals surface area contributed by atoms with Crippen LogP contribution in [-0.4, -0.2) is 73.9 Å². The largest absolute Gasteiger partial charge is 0.457 e. The lowest BCUT2D eigenvalue weighted by Gasteiger charge is -2.04. The highest BCUT2D eigenvalue weighted by molar-refractivity contribution is 8.00. The van der Waals surface area contributed by atoms with Gasteiger partial charge in [-0.2, -0.15) is 0 Å². The van der Waals surface area contributed by atoms with Crippen molar-refractivity contribution in [3.63, 3.8) is 0 Å². The Bertz CT molecular complexity index is 293. The third-order valence-corrected chi connectivity index (χ3v) is 3.60. The fraction of sp³-hybridized carbons (Fsp3) is 0.667. The van der Waals surface area contributed by atoms with Gasteiger partial charge in [0.1, 0.15) is 13.2 Å². The third kappa shape index (κ3) is 15.2. The highest BCUT2D eigenvalue weighted by atomic mass is 32.2. The molecule has 0 atom stereocenters. The molecule has 0 aliphatic rings. The molecule has 7 nitrogen and oxygen atoms in total. The van der Waals surface area contributed by atoms with Crippen molar-refractivity contribution in [1.29, 1.82) is 0 Å². The molecular weight excluding hydrogens is 320 g/mol. The van der Waals surface area contributed by atoms with E-state index in [0.29, 0.717) is 37.3 Å². The van der Waals surface area contributed by atoms with Gasteiger partial charge in [0, 0.05) is 11.5 Å². The molecule has 0 rings (SSSR count). The van der Waals surface area contributed by atoms with E-state index in [0.717, 1.165) is 0 Å². The summed E-state index contributed by atoms with van der Waals surface area (Å²) < 4.78 is 14.4. The van der Waals surface area contributed by atoms with Crippen LogP contribution in [0.3, 0.4) is 0 Å². The van der Waals surface area contributed by atoms with Gasteiger partial charge < -0.3 is 14.2 Å². The highest BCUT2D eigenvalue weighted by Crippen LogP contribution is 2.03. The van der Waals surface area contributed by atoms with Gasteiger partial charge in [0.2, 0.25) is 0 Å². The molecule has 0 aromatic rings. The number of thioether (sulfide) groups is 2. The minimum atomic E-state index is -0.420. The first kappa shape index (κ1) is 19.9. The van der Waals surface area contributed by atoms with E-state index in [1.807, 2.05) is 0 Å². The van der Waals surface area contributed by atoms with E-state index < -0.39 is 11.9 Å². The summed E-state index contributed by atoms with van der Waals surface area (Å²) in [6.45, 7) is 0.564. The summed E-state index contributed by atoms with van der Waals surface area (Å²) in [6, 6.07) is 0. The van der Waals surface area contributed by atoms with Gasteiger partial charge in [0.05, 0.1) is 24.7 Å². The molecule has 0 saturated carbocycles. The van der Waals surface area contributed by atoms with E-state index in [1.165, 1.54) is 23.5 Å². The van der Waals surface area contributed by atoms with Crippen molar-refractivity contribution in [3.8, 4) is 0 Å². The molecule has 0 unspecified atom stereocenters. The maximum Gasteiger partial charge on any atom is 0.316 e. The number of carbonyl (C=O) groups excluding carboxylic acids is 4. The predicted octanol–water partition coefficient (Wildman–Crippen LogP) is -0.0464. The molecule has 0 fully saturated rings. The summed E-state index contributed by atoms with van der Waals surface area (Å²) in [5, 5.41) is 0. The van der Waals surface area contributed by atoms with Crippen LogP contribution in [0.5, 0.6) is 0 Å². The van der Waals surface area contributed by atoms with Gasteiger partial charge in [-0.3, -0.25) is 19.2 Å². The van der Waals surface area contributed by atoms with Crippen molar-refractivity contribution in [2.45, 2.75) is 0 Å². The van der Waals surface area contributed by atoms with Gasteiger partial charge in [-0.1, -0.05) is 0 Å². The summed E-state index contributed by atoms with van der Waals surface area (Å²) in [5.41, 5.74) is 0. The summed E-state index contributed by atoms with van der Waals surface area (Å²) in [7, 11) is 0. The minimum Gasteiger partial charge on any atom is -0.457 e. The maximum atomic E-state index is 11.0. The van der Waals surface area contributed by atoms with Crippen molar-refractivity contribution >= 4 is 48.0 Å². The first-order valence-corrected chi connectivity index (χ1v) is 8.43. The monoisotopic (exact) mass is 338 g/mol. The number of hydrogen-bond donors (Lipinski definition) is 0. The molecule has 0 saturated heterocycles. The maximum absolute atomic E-state index is 11.0. The molecule has 0 amide bonds. The smallest absolute Gasteiger partial charge is 0.316 e. The second kappa shape index (κ2) is 15.3. The zero-order chi connectivity index (χ0) is 15.8. The first-order valence-electron chi connectivity index (χ1n) is 6.12. The van der Waals surface area contributed by atoms with E-state index >= 15 is 0 Å². The Morgan fingerprint density at radius 2 is 1.24 bits per heavy atom. The van der Waals surface area contributed by atoms with E-state index in [9.17, 15) is 19.2 Å². The van der Waals surface area contributed by atoms with Gasteiger partial charge >= 0.3 is 11.9 Å². The topological polar surface area (TPSA) is 96.0 Å². The predicted molar refractivity (Wildman–Crippen MR) is 79.5 cm³/mol. The number of rotatable bonds is 14. The third-order valence-electron chi connectivity index (χ3n) is 1.81. The van der Waals surface area contributed by atoms with Crippen LogP contribution in [0.25, 0.3) is 0 Å². The molecular formula is C12H18O7S2. The fourth-order valence-corrected chi connectivity index (χ4v) is 2.25. The van der Waals surface area contributed by atoms with Crippen molar-refractivity contribution in [2.75, 3.05) is 49.4 Å². The summed E-state index contributed by atoms with van der Waals surface area (Å²) >= 11 is 2.72. The second-order valence-electron chi connectivity index (χ2n) is 3.42. The lowest BCUT2D eigenvalue weighted by Crippen LogP contribution is -2.11. The van der Waals surface area contributed by atoms with Crippen LogP contribution < -0.4 is 0 Å². The minimum absolute atomic E-state index is 0.189. The molecule has 0 aliphatic heterocycles. The lowest BCUT2D eigenvalue weighted by atomic mass is 10.7. The van der Waals surface area contributed by atoms with Gasteiger partial charge in [-0.25, -0.2) is 0 Å². The van der Waals surface area contributed by atoms with Crippen LogP contribution in [-0.2, 0) is 33.4 Å². The number of hydrogen-bond acceptors (Lipinski definition) is 9. The van der Waals surface area contributed by atoms with E-state index in [4.69, 9.17) is 4.74 Å². The van der Waals surface area contributed by atoms with Crippen molar-refractivity contribution in [3.05, 3.63) is 0 Å². The molecule has 0 aromatic carbocycles. The van der Waals surface area contributed by atoms with Gasteiger partial charge in [-0.15, -0.1) is 23.5 Å². The molecule has 0 aliphatic carbocycles. The van der Waals surface area contributed by atoms with Crippen LogP contribution in [0, 0.1) is 0 Å². The molecule has 9 heteroatoms. The summed E-state index contributed by atoms with van der Waals surface area (Å²) in [4.78, 5) is 41.9. The Hall–Kier alpha value is -1.06. The Labute approximate surface area is 131 Å². The summed E-state index contributed by atoms with van der Waals surface area (Å²) in [5.74, 6) is 0.820. The molecule has 0 spiro atoms. The number of carbonyl (C=O) groups is 4. The normalized spacial score (nSPS) is 9.90. The van der Waals surface area contributed by atoms with Crippen LogP contribution in [0.4, 0.5) is 0 Å². The summed E-state index contributed by atoms with van der Waals surface area (Å²) in [6.07, 6.45) is 1.05. The molecule has 0 N–H and O–H groups in total. The first-order chi connectivity index (χ1) is 10.2. The zero-order valence-electron chi connectivity index (χ0n) is 11.5. The SMILES string of the molecule is O=CCOC(=O)CSCCOCCSCC(=O)OCC=O. The number of ether oxygens (including phenoxy) is 3. The quantitative estimate of drug-likeness (QED) is 0.245. The molecule has 0 radical (unpaired) electrons. The molecule has 0 heterocycles. The Kier molecular flexibility index (Phi) is 14.6. The number of esters is 2. The van der Waals surface area contributed by atoms with Crippen LogP contribution >= 0.6 is 23.5 Å². The van der Waals surface area contributed by atoms with Gasteiger partial charge in [0.15, 0.2) is 12.6 Å². The Morgan fingerprint density at radius 3 is 1.62 bits per heavy atom. The van der Waals surface area contributed by atoms with Crippen molar-refractivity contribution in [2.24, 2.45) is 0 Å².